The van der Waals surface area contributed by atoms with Crippen molar-refractivity contribution in [1.82, 2.24) is 14.8 Å². The molecular weight excluding hydrogens is 280 g/mol. The summed E-state index contributed by atoms with van der Waals surface area (Å²) in [5.41, 5.74) is 4.63. The van der Waals surface area contributed by atoms with Gasteiger partial charge in [0.15, 0.2) is 0 Å². The molecule has 0 aliphatic heterocycles. The van der Waals surface area contributed by atoms with Crippen molar-refractivity contribution < 1.29 is 0 Å². The molecule has 1 N–H and O–H groups in total. The molecule has 0 amide bonds. The highest BCUT2D eigenvalue weighted by Crippen LogP contribution is 2.25. The fourth-order valence-electron chi connectivity index (χ4n) is 2.52. The van der Waals surface area contributed by atoms with Crippen molar-refractivity contribution in [3.05, 3.63) is 40.7 Å². The van der Waals surface area contributed by atoms with Gasteiger partial charge in [-0.1, -0.05) is 13.8 Å². The standard InChI is InChI=1S/C16H20N4S/c1-10(2)16-12(9-20(4)19-16)8-17-13-5-6-14-15(7-13)21-11(3)18-14/h5-7,9-10,17H,8H2,1-4H3. The largest absolute Gasteiger partial charge is 0.381 e. The number of nitrogens with zero attached hydrogens (tertiary/aromatic N) is 3. The van der Waals surface area contributed by atoms with Crippen molar-refractivity contribution in [3.8, 4) is 0 Å². The van der Waals surface area contributed by atoms with Gasteiger partial charge in [-0.15, -0.1) is 11.3 Å². The number of rotatable bonds is 4. The molecule has 0 spiro atoms. The Morgan fingerprint density at radius 3 is 2.90 bits per heavy atom. The second-order valence-electron chi connectivity index (χ2n) is 5.64. The number of aromatic nitrogens is 3. The lowest BCUT2D eigenvalue weighted by atomic mass is 10.1. The maximum Gasteiger partial charge on any atom is 0.0907 e. The van der Waals surface area contributed by atoms with Gasteiger partial charge in [-0.3, -0.25) is 4.68 Å². The second-order valence-corrected chi connectivity index (χ2v) is 6.87. The number of hydrogen-bond acceptors (Lipinski definition) is 4. The molecular formula is C16H20N4S. The molecule has 0 saturated heterocycles. The van der Waals surface area contributed by atoms with Gasteiger partial charge in [0.2, 0.25) is 0 Å². The fraction of sp³-hybridized carbons (Fsp3) is 0.375. The van der Waals surface area contributed by atoms with Crippen molar-refractivity contribution >= 4 is 27.2 Å². The van der Waals surface area contributed by atoms with E-state index in [1.165, 1.54) is 16.0 Å². The van der Waals surface area contributed by atoms with Gasteiger partial charge in [-0.2, -0.15) is 5.10 Å². The van der Waals surface area contributed by atoms with E-state index in [4.69, 9.17) is 0 Å². The fourth-order valence-corrected chi connectivity index (χ4v) is 3.39. The van der Waals surface area contributed by atoms with Gasteiger partial charge < -0.3 is 5.32 Å². The topological polar surface area (TPSA) is 42.7 Å². The molecule has 0 unspecified atom stereocenters. The van der Waals surface area contributed by atoms with E-state index in [0.29, 0.717) is 5.92 Å². The minimum absolute atomic E-state index is 0.439. The van der Waals surface area contributed by atoms with Gasteiger partial charge >= 0.3 is 0 Å². The van der Waals surface area contributed by atoms with E-state index in [2.05, 4.69) is 53.6 Å². The van der Waals surface area contributed by atoms with E-state index in [0.717, 1.165) is 22.8 Å². The molecule has 0 radical (unpaired) electrons. The molecule has 3 rings (SSSR count). The molecule has 5 heteroatoms. The van der Waals surface area contributed by atoms with Crippen LogP contribution in [0.15, 0.2) is 24.4 Å². The van der Waals surface area contributed by atoms with E-state index in [9.17, 15) is 0 Å². The molecule has 0 bridgehead atoms. The highest BCUT2D eigenvalue weighted by atomic mass is 32.1. The van der Waals surface area contributed by atoms with Gasteiger partial charge in [0.1, 0.15) is 0 Å². The SMILES string of the molecule is Cc1nc2ccc(NCc3cn(C)nc3C(C)C)cc2s1. The number of anilines is 1. The molecule has 0 aliphatic rings. The van der Waals surface area contributed by atoms with Gasteiger partial charge in [-0.25, -0.2) is 4.98 Å². The van der Waals surface area contributed by atoms with Gasteiger partial charge in [0.05, 0.1) is 20.9 Å². The average Bonchev–Trinajstić information content (AvgIpc) is 2.97. The summed E-state index contributed by atoms with van der Waals surface area (Å²) >= 11 is 1.73. The number of aryl methyl sites for hydroxylation is 2. The Hall–Kier alpha value is -1.88. The highest BCUT2D eigenvalue weighted by Gasteiger charge is 2.11. The molecule has 2 heterocycles. The molecule has 0 fully saturated rings. The summed E-state index contributed by atoms with van der Waals surface area (Å²) in [6, 6.07) is 6.34. The third-order valence-electron chi connectivity index (χ3n) is 3.46. The van der Waals surface area contributed by atoms with Gasteiger partial charge in [0, 0.05) is 31.0 Å². The summed E-state index contributed by atoms with van der Waals surface area (Å²) in [5.74, 6) is 0.439. The van der Waals surface area contributed by atoms with Crippen LogP contribution in [-0.2, 0) is 13.6 Å². The molecule has 110 valence electrons. The first kappa shape index (κ1) is 14.1. The van der Waals surface area contributed by atoms with E-state index in [1.807, 2.05) is 18.7 Å². The van der Waals surface area contributed by atoms with Crippen LogP contribution in [0.2, 0.25) is 0 Å². The van der Waals surface area contributed by atoms with Crippen molar-refractivity contribution in [3.63, 3.8) is 0 Å². The predicted molar refractivity (Wildman–Crippen MR) is 89.0 cm³/mol. The highest BCUT2D eigenvalue weighted by molar-refractivity contribution is 7.18. The zero-order valence-corrected chi connectivity index (χ0v) is 13.7. The smallest absolute Gasteiger partial charge is 0.0907 e. The van der Waals surface area contributed by atoms with Crippen molar-refractivity contribution in [2.75, 3.05) is 5.32 Å². The Morgan fingerprint density at radius 1 is 1.33 bits per heavy atom. The first-order valence-corrected chi connectivity index (χ1v) is 7.98. The summed E-state index contributed by atoms with van der Waals surface area (Å²) in [6.07, 6.45) is 2.09. The zero-order valence-electron chi connectivity index (χ0n) is 12.8. The van der Waals surface area contributed by atoms with E-state index in [-0.39, 0.29) is 0 Å². The first-order valence-electron chi connectivity index (χ1n) is 7.16. The second kappa shape index (κ2) is 5.48. The maximum absolute atomic E-state index is 4.54. The van der Waals surface area contributed by atoms with Crippen LogP contribution in [0.1, 0.15) is 36.0 Å². The monoisotopic (exact) mass is 300 g/mol. The van der Waals surface area contributed by atoms with Crippen molar-refractivity contribution in [2.24, 2.45) is 7.05 Å². The number of benzene rings is 1. The summed E-state index contributed by atoms with van der Waals surface area (Å²) in [4.78, 5) is 4.49. The third kappa shape index (κ3) is 2.93. The molecule has 0 aliphatic carbocycles. The quantitative estimate of drug-likeness (QED) is 0.789. The Bertz CT molecular complexity index is 770. The Labute approximate surface area is 128 Å². The minimum Gasteiger partial charge on any atom is -0.381 e. The van der Waals surface area contributed by atoms with Crippen molar-refractivity contribution in [2.45, 2.75) is 33.2 Å². The molecule has 0 saturated carbocycles. The summed E-state index contributed by atoms with van der Waals surface area (Å²) in [7, 11) is 1.97. The van der Waals surface area contributed by atoms with Gasteiger partial charge in [-0.05, 0) is 31.0 Å². The number of thiazole rings is 1. The van der Waals surface area contributed by atoms with Crippen LogP contribution in [0.3, 0.4) is 0 Å². The Morgan fingerprint density at radius 2 is 2.14 bits per heavy atom. The molecule has 4 nitrogen and oxygen atoms in total. The molecule has 3 aromatic rings. The number of fused-ring (bicyclic) bond motifs is 1. The van der Waals surface area contributed by atoms with E-state index >= 15 is 0 Å². The van der Waals surface area contributed by atoms with Crippen LogP contribution >= 0.6 is 11.3 Å². The normalized spacial score (nSPS) is 11.5. The van der Waals surface area contributed by atoms with Crippen LogP contribution in [-0.4, -0.2) is 14.8 Å². The van der Waals surface area contributed by atoms with Crippen LogP contribution in [0.25, 0.3) is 10.2 Å². The van der Waals surface area contributed by atoms with Crippen LogP contribution in [0, 0.1) is 6.92 Å². The summed E-state index contributed by atoms with van der Waals surface area (Å²) in [6.45, 7) is 7.20. The van der Waals surface area contributed by atoms with Gasteiger partial charge in [0.25, 0.3) is 0 Å². The van der Waals surface area contributed by atoms with Crippen LogP contribution < -0.4 is 5.32 Å². The van der Waals surface area contributed by atoms with E-state index < -0.39 is 0 Å². The maximum atomic E-state index is 4.54. The summed E-state index contributed by atoms with van der Waals surface area (Å²) in [5, 5.41) is 9.15. The Kier molecular flexibility index (Phi) is 3.68. The lowest BCUT2D eigenvalue weighted by molar-refractivity contribution is 0.712. The number of nitrogens with one attached hydrogen (secondary N) is 1. The van der Waals surface area contributed by atoms with E-state index in [1.54, 1.807) is 11.3 Å². The summed E-state index contributed by atoms with van der Waals surface area (Å²) < 4.78 is 3.12. The van der Waals surface area contributed by atoms with Crippen LogP contribution in [0.4, 0.5) is 5.69 Å². The lowest BCUT2D eigenvalue weighted by Crippen LogP contribution is -2.02. The van der Waals surface area contributed by atoms with Crippen molar-refractivity contribution in [1.29, 1.82) is 0 Å². The zero-order chi connectivity index (χ0) is 15.0. The predicted octanol–water partition coefficient (Wildman–Crippen LogP) is 4.07. The molecule has 21 heavy (non-hydrogen) atoms. The number of hydrogen-bond donors (Lipinski definition) is 1. The minimum atomic E-state index is 0.439. The lowest BCUT2D eigenvalue weighted by Gasteiger charge is -2.08. The van der Waals surface area contributed by atoms with Crippen LogP contribution in [0.5, 0.6) is 0 Å². The molecule has 2 aromatic heterocycles. The Balaban J connectivity index is 1.79. The molecule has 0 atom stereocenters. The first-order chi connectivity index (χ1) is 10.0. The average molecular weight is 300 g/mol. The third-order valence-corrected chi connectivity index (χ3v) is 4.40. The molecule has 1 aromatic carbocycles.